The van der Waals surface area contributed by atoms with Crippen molar-refractivity contribution in [1.82, 2.24) is 9.97 Å². The summed E-state index contributed by atoms with van der Waals surface area (Å²) in [6.07, 6.45) is 0. The van der Waals surface area contributed by atoms with E-state index in [0.717, 1.165) is 16.8 Å². The molecule has 0 unspecified atom stereocenters. The number of ether oxygens (including phenoxy) is 1. The van der Waals surface area contributed by atoms with Crippen LogP contribution in [0.2, 0.25) is 0 Å². The van der Waals surface area contributed by atoms with Gasteiger partial charge in [0.1, 0.15) is 0 Å². The number of rotatable bonds is 2. The molecule has 0 radical (unpaired) electrons. The van der Waals surface area contributed by atoms with Gasteiger partial charge in [0, 0.05) is 5.75 Å². The van der Waals surface area contributed by atoms with E-state index in [1.54, 1.807) is 0 Å². The number of hydrogen-bond donors (Lipinski definition) is 3. The molecule has 0 amide bonds. The summed E-state index contributed by atoms with van der Waals surface area (Å²) in [5.74, 6) is 0.757. The van der Waals surface area contributed by atoms with E-state index < -0.39 is 0 Å². The van der Waals surface area contributed by atoms with Crippen molar-refractivity contribution in [3.8, 4) is 0 Å². The molecule has 1 aromatic heterocycles. The minimum absolute atomic E-state index is 0.0193. The van der Waals surface area contributed by atoms with E-state index in [1.165, 1.54) is 5.56 Å². The van der Waals surface area contributed by atoms with E-state index in [1.807, 2.05) is 18.2 Å². The largest absolute Gasteiger partial charge is 0.379 e. The molecule has 1 aliphatic rings. The Morgan fingerprint density at radius 3 is 2.69 bits per heavy atom. The smallest absolute Gasteiger partial charge is 0.323 e. The Hall–Kier alpha value is -1.20. The fourth-order valence-electron chi connectivity index (χ4n) is 2.06. The maximum Gasteiger partial charge on any atom is 0.323 e. The first-order valence-corrected chi connectivity index (χ1v) is 5.78. The van der Waals surface area contributed by atoms with E-state index in [2.05, 4.69) is 22.6 Å². The van der Waals surface area contributed by atoms with E-state index >= 15 is 0 Å². The van der Waals surface area contributed by atoms with Crippen LogP contribution in [0.15, 0.2) is 23.0 Å². The lowest BCUT2D eigenvalue weighted by atomic mass is 9.80. The van der Waals surface area contributed by atoms with Crippen LogP contribution in [0.25, 0.3) is 11.0 Å². The van der Waals surface area contributed by atoms with Crippen molar-refractivity contribution in [1.29, 1.82) is 0 Å². The summed E-state index contributed by atoms with van der Waals surface area (Å²) in [5, 5.41) is 0. The second-order valence-electron chi connectivity index (χ2n) is 4.27. The molecule has 2 heterocycles. The topological polar surface area (TPSA) is 57.9 Å². The zero-order valence-corrected chi connectivity index (χ0v) is 9.51. The number of hydrogen-bond acceptors (Lipinski definition) is 3. The van der Waals surface area contributed by atoms with Crippen LogP contribution in [-0.2, 0) is 10.2 Å². The number of aromatic amines is 2. The predicted molar refractivity (Wildman–Crippen MR) is 65.3 cm³/mol. The third-order valence-electron chi connectivity index (χ3n) is 3.19. The minimum atomic E-state index is -0.170. The average Bonchev–Trinajstić information content (AvgIpc) is 2.56. The number of nitrogens with one attached hydrogen (secondary N) is 2. The van der Waals surface area contributed by atoms with Crippen LogP contribution >= 0.6 is 12.6 Å². The van der Waals surface area contributed by atoms with Crippen LogP contribution in [0.5, 0.6) is 0 Å². The summed E-state index contributed by atoms with van der Waals surface area (Å²) in [6.45, 7) is 1.41. The fraction of sp³-hybridized carbons (Fsp3) is 0.364. The van der Waals surface area contributed by atoms with Crippen LogP contribution < -0.4 is 5.69 Å². The van der Waals surface area contributed by atoms with E-state index in [9.17, 15) is 4.79 Å². The highest BCUT2D eigenvalue weighted by atomic mass is 32.1. The molecule has 5 heteroatoms. The van der Waals surface area contributed by atoms with Gasteiger partial charge >= 0.3 is 5.69 Å². The number of thiol groups is 1. The van der Waals surface area contributed by atoms with Gasteiger partial charge in [-0.2, -0.15) is 12.6 Å². The lowest BCUT2D eigenvalue weighted by Gasteiger charge is -2.40. The van der Waals surface area contributed by atoms with Gasteiger partial charge in [-0.15, -0.1) is 0 Å². The lowest BCUT2D eigenvalue weighted by molar-refractivity contribution is -0.0470. The fourth-order valence-corrected chi connectivity index (χ4v) is 2.43. The Morgan fingerprint density at radius 2 is 2.06 bits per heavy atom. The Bertz CT molecular complexity index is 577. The van der Waals surface area contributed by atoms with Crippen molar-refractivity contribution >= 4 is 23.7 Å². The number of imidazole rings is 1. The zero-order valence-electron chi connectivity index (χ0n) is 8.62. The Morgan fingerprint density at radius 1 is 1.31 bits per heavy atom. The van der Waals surface area contributed by atoms with Gasteiger partial charge in [-0.05, 0) is 17.7 Å². The summed E-state index contributed by atoms with van der Waals surface area (Å²) in [5.41, 5.74) is 2.71. The highest BCUT2D eigenvalue weighted by molar-refractivity contribution is 7.80. The molecule has 0 atom stereocenters. The molecule has 1 aliphatic heterocycles. The zero-order chi connectivity index (χ0) is 11.2. The van der Waals surface area contributed by atoms with Crippen molar-refractivity contribution < 1.29 is 4.74 Å². The van der Waals surface area contributed by atoms with Gasteiger partial charge in [-0.3, -0.25) is 0 Å². The van der Waals surface area contributed by atoms with Crippen LogP contribution in [0, 0.1) is 0 Å². The van der Waals surface area contributed by atoms with Crippen LogP contribution in [0.3, 0.4) is 0 Å². The Labute approximate surface area is 97.4 Å². The first-order valence-electron chi connectivity index (χ1n) is 5.15. The Balaban J connectivity index is 2.14. The lowest BCUT2D eigenvalue weighted by Crippen LogP contribution is -2.48. The molecule has 1 saturated heterocycles. The second-order valence-corrected chi connectivity index (χ2v) is 4.59. The van der Waals surface area contributed by atoms with Gasteiger partial charge in [0.15, 0.2) is 0 Å². The average molecular weight is 236 g/mol. The molecule has 0 saturated carbocycles. The summed E-state index contributed by atoms with van der Waals surface area (Å²) < 4.78 is 5.27. The second kappa shape index (κ2) is 3.40. The number of fused-ring (bicyclic) bond motifs is 1. The number of aromatic nitrogens is 2. The molecule has 2 N–H and O–H groups in total. The van der Waals surface area contributed by atoms with Crippen LogP contribution in [0.1, 0.15) is 5.56 Å². The molecule has 84 valence electrons. The standard InChI is InChI=1S/C11H12N2O2S/c14-10-12-8-2-1-7(3-9(8)13-10)11(6-16)4-15-5-11/h1-3,16H,4-6H2,(H2,12,13,14). The third kappa shape index (κ3) is 1.32. The van der Waals surface area contributed by atoms with Gasteiger partial charge < -0.3 is 14.7 Å². The van der Waals surface area contributed by atoms with E-state index in [4.69, 9.17) is 4.74 Å². The molecular formula is C11H12N2O2S. The van der Waals surface area contributed by atoms with Crippen molar-refractivity contribution in [2.45, 2.75) is 5.41 Å². The molecule has 1 fully saturated rings. The number of H-pyrrole nitrogens is 2. The quantitative estimate of drug-likeness (QED) is 0.683. The first-order chi connectivity index (χ1) is 7.73. The van der Waals surface area contributed by atoms with Gasteiger partial charge in [0.25, 0.3) is 0 Å². The minimum Gasteiger partial charge on any atom is -0.379 e. The first kappa shape index (κ1) is 9.99. The van der Waals surface area contributed by atoms with Crippen molar-refractivity contribution in [3.05, 3.63) is 34.2 Å². The van der Waals surface area contributed by atoms with Crippen molar-refractivity contribution in [2.24, 2.45) is 0 Å². The SMILES string of the molecule is O=c1[nH]c2ccc(C3(CS)COC3)cc2[nH]1. The van der Waals surface area contributed by atoms with Crippen LogP contribution in [0.4, 0.5) is 0 Å². The molecule has 1 aromatic carbocycles. The van der Waals surface area contributed by atoms with E-state index in [-0.39, 0.29) is 11.1 Å². The maximum absolute atomic E-state index is 11.2. The highest BCUT2D eigenvalue weighted by Crippen LogP contribution is 2.34. The highest BCUT2D eigenvalue weighted by Gasteiger charge is 2.39. The van der Waals surface area contributed by atoms with Crippen molar-refractivity contribution in [2.75, 3.05) is 19.0 Å². The Kier molecular flexibility index (Phi) is 2.12. The normalized spacial score (nSPS) is 18.6. The molecule has 0 bridgehead atoms. The van der Waals surface area contributed by atoms with E-state index in [0.29, 0.717) is 13.2 Å². The van der Waals surface area contributed by atoms with Crippen molar-refractivity contribution in [3.63, 3.8) is 0 Å². The summed E-state index contributed by atoms with van der Waals surface area (Å²) >= 11 is 4.38. The van der Waals surface area contributed by atoms with Gasteiger partial charge in [-0.1, -0.05) is 6.07 Å². The third-order valence-corrected chi connectivity index (χ3v) is 3.79. The van der Waals surface area contributed by atoms with Gasteiger partial charge in [-0.25, -0.2) is 4.79 Å². The molecule has 16 heavy (non-hydrogen) atoms. The molecule has 0 spiro atoms. The molecular weight excluding hydrogens is 224 g/mol. The maximum atomic E-state index is 11.2. The monoisotopic (exact) mass is 236 g/mol. The van der Waals surface area contributed by atoms with Crippen LogP contribution in [-0.4, -0.2) is 28.9 Å². The molecule has 2 aromatic rings. The number of benzene rings is 1. The summed E-state index contributed by atoms with van der Waals surface area (Å²) in [6, 6.07) is 5.96. The predicted octanol–water partition coefficient (Wildman–Crippen LogP) is 1.05. The molecule has 3 rings (SSSR count). The van der Waals surface area contributed by atoms with Gasteiger partial charge in [0.05, 0.1) is 29.7 Å². The molecule has 0 aliphatic carbocycles. The summed E-state index contributed by atoms with van der Waals surface area (Å²) in [7, 11) is 0. The summed E-state index contributed by atoms with van der Waals surface area (Å²) in [4.78, 5) is 16.6. The van der Waals surface area contributed by atoms with Gasteiger partial charge in [0.2, 0.25) is 0 Å². The molecule has 4 nitrogen and oxygen atoms in total.